The minimum atomic E-state index is -3.76. The Bertz CT molecular complexity index is 1090. The summed E-state index contributed by atoms with van der Waals surface area (Å²) in [4.78, 5) is 24.8. The van der Waals surface area contributed by atoms with Crippen molar-refractivity contribution >= 4 is 33.4 Å². The average Bonchev–Trinajstić information content (AvgIpc) is 2.71. The molecule has 0 saturated carbocycles. The molecular weight excluding hydrogens is 446 g/mol. The number of ether oxygens (including phenoxy) is 2. The minimum absolute atomic E-state index is 0.0290. The van der Waals surface area contributed by atoms with Gasteiger partial charge in [0, 0.05) is 19.7 Å². The van der Waals surface area contributed by atoms with E-state index >= 15 is 0 Å². The van der Waals surface area contributed by atoms with Crippen LogP contribution in [0.3, 0.4) is 0 Å². The normalized spacial score (nSPS) is 11.4. The van der Waals surface area contributed by atoms with E-state index in [1.54, 1.807) is 6.07 Å². The van der Waals surface area contributed by atoms with Crippen molar-refractivity contribution in [3.05, 3.63) is 52.5 Å². The van der Waals surface area contributed by atoms with Crippen molar-refractivity contribution in [2.75, 3.05) is 21.2 Å². The largest absolute Gasteiger partial charge is 0.493 e. The molecule has 2 amide bonds. The number of carbonyl (C=O) groups is 2. The smallest absolute Gasteiger partial charge is 0.271 e. The lowest BCUT2D eigenvalue weighted by molar-refractivity contribution is 0.0846. The molecular formula is C20H24ClN3O6S. The van der Waals surface area contributed by atoms with Crippen LogP contribution in [0.15, 0.2) is 41.3 Å². The van der Waals surface area contributed by atoms with Crippen LogP contribution in [0.1, 0.15) is 34.6 Å². The summed E-state index contributed by atoms with van der Waals surface area (Å²) in [6.45, 7) is 3.72. The quantitative estimate of drug-likeness (QED) is 0.602. The third-order valence-corrected chi connectivity index (χ3v) is 6.18. The zero-order chi connectivity index (χ0) is 23.3. The molecule has 0 aromatic heterocycles. The molecule has 2 N–H and O–H groups in total. The molecule has 0 unspecified atom stereocenters. The fourth-order valence-corrected chi connectivity index (χ4v) is 3.59. The van der Waals surface area contributed by atoms with E-state index in [0.29, 0.717) is 11.5 Å². The summed E-state index contributed by atoms with van der Waals surface area (Å²) in [5, 5.41) is 0.0290. The van der Waals surface area contributed by atoms with Crippen LogP contribution in [-0.2, 0) is 10.0 Å². The van der Waals surface area contributed by atoms with Crippen LogP contribution in [-0.4, -0.2) is 51.8 Å². The number of benzene rings is 2. The number of nitrogens with zero attached hydrogens (tertiary/aromatic N) is 1. The molecule has 9 nitrogen and oxygen atoms in total. The first kappa shape index (κ1) is 24.4. The van der Waals surface area contributed by atoms with Gasteiger partial charge in [0.15, 0.2) is 11.5 Å². The number of nitrogens with one attached hydrogen (secondary N) is 2. The maximum absolute atomic E-state index is 12.5. The highest BCUT2D eigenvalue weighted by atomic mass is 35.5. The number of carbonyl (C=O) groups excluding carboxylic acids is 2. The van der Waals surface area contributed by atoms with Crippen LogP contribution in [0.25, 0.3) is 0 Å². The molecule has 0 fully saturated rings. The van der Waals surface area contributed by atoms with Crippen LogP contribution < -0.4 is 20.3 Å². The first-order valence-electron chi connectivity index (χ1n) is 9.14. The Morgan fingerprint density at radius 3 is 2.23 bits per heavy atom. The Hall–Kier alpha value is -2.82. The highest BCUT2D eigenvalue weighted by Crippen LogP contribution is 2.29. The van der Waals surface area contributed by atoms with E-state index in [9.17, 15) is 18.0 Å². The number of methoxy groups -OCH3 is 1. The number of amides is 2. The van der Waals surface area contributed by atoms with Crippen molar-refractivity contribution < 1.29 is 27.5 Å². The van der Waals surface area contributed by atoms with Gasteiger partial charge in [-0.1, -0.05) is 11.6 Å². The molecule has 0 aliphatic heterocycles. The minimum Gasteiger partial charge on any atom is -0.493 e. The van der Waals surface area contributed by atoms with Crippen molar-refractivity contribution in [1.29, 1.82) is 0 Å². The number of hydrogen-bond donors (Lipinski definition) is 2. The number of sulfonamides is 1. The number of hydrazine groups is 1. The molecule has 0 saturated heterocycles. The molecule has 0 aliphatic carbocycles. The first-order valence-corrected chi connectivity index (χ1v) is 11.0. The van der Waals surface area contributed by atoms with Gasteiger partial charge < -0.3 is 9.47 Å². The van der Waals surface area contributed by atoms with E-state index in [0.717, 1.165) is 10.4 Å². The van der Waals surface area contributed by atoms with E-state index in [2.05, 4.69) is 10.9 Å². The lowest BCUT2D eigenvalue weighted by Crippen LogP contribution is -2.41. The van der Waals surface area contributed by atoms with Crippen molar-refractivity contribution in [1.82, 2.24) is 15.2 Å². The molecule has 168 valence electrons. The van der Waals surface area contributed by atoms with Gasteiger partial charge in [-0.05, 0) is 50.2 Å². The van der Waals surface area contributed by atoms with Gasteiger partial charge in [-0.25, -0.2) is 12.7 Å². The Morgan fingerprint density at radius 1 is 1.00 bits per heavy atom. The zero-order valence-electron chi connectivity index (χ0n) is 17.7. The van der Waals surface area contributed by atoms with Crippen molar-refractivity contribution in [3.8, 4) is 11.5 Å². The van der Waals surface area contributed by atoms with Gasteiger partial charge >= 0.3 is 0 Å². The molecule has 0 aliphatic rings. The summed E-state index contributed by atoms with van der Waals surface area (Å²) >= 11 is 6.04. The van der Waals surface area contributed by atoms with Crippen molar-refractivity contribution in [2.24, 2.45) is 0 Å². The molecule has 11 heteroatoms. The van der Waals surface area contributed by atoms with Gasteiger partial charge in [0.1, 0.15) is 0 Å². The summed E-state index contributed by atoms with van der Waals surface area (Å²) in [6.07, 6.45) is -0.0790. The first-order chi connectivity index (χ1) is 14.5. The molecule has 2 aromatic carbocycles. The molecule has 0 bridgehead atoms. The lowest BCUT2D eigenvalue weighted by atomic mass is 10.2. The summed E-state index contributed by atoms with van der Waals surface area (Å²) in [7, 11) is 0.426. The van der Waals surface area contributed by atoms with Gasteiger partial charge in [0.25, 0.3) is 11.8 Å². The highest BCUT2D eigenvalue weighted by Gasteiger charge is 2.21. The second kappa shape index (κ2) is 9.99. The zero-order valence-corrected chi connectivity index (χ0v) is 19.3. The summed E-state index contributed by atoms with van der Waals surface area (Å²) in [5.74, 6) is -0.557. The number of rotatable bonds is 7. The summed E-state index contributed by atoms with van der Waals surface area (Å²) in [5.41, 5.74) is 4.59. The standard InChI is InChI=1S/C20H24ClN3O6S/c1-12(2)30-17-9-6-13(10-18(17)29-5)19(25)22-23-20(26)15-11-14(7-8-16(15)21)31(27,28)24(3)4/h6-12H,1-5H3,(H,22,25)(H,23,26). The van der Waals surface area contributed by atoms with Gasteiger partial charge in [-0.15, -0.1) is 0 Å². The monoisotopic (exact) mass is 469 g/mol. The van der Waals surface area contributed by atoms with Crippen LogP contribution in [0.5, 0.6) is 11.5 Å². The predicted molar refractivity (Wildman–Crippen MR) is 116 cm³/mol. The molecule has 0 spiro atoms. The van der Waals surface area contributed by atoms with Crippen LogP contribution in [0.4, 0.5) is 0 Å². The van der Waals surface area contributed by atoms with E-state index in [1.807, 2.05) is 13.8 Å². The molecule has 2 aromatic rings. The molecule has 31 heavy (non-hydrogen) atoms. The Labute approximate surface area is 186 Å². The molecule has 0 radical (unpaired) electrons. The maximum Gasteiger partial charge on any atom is 0.271 e. The SMILES string of the molecule is COc1cc(C(=O)NNC(=O)c2cc(S(=O)(=O)N(C)C)ccc2Cl)ccc1OC(C)C. The Kier molecular flexibility index (Phi) is 7.88. The van der Waals surface area contributed by atoms with Gasteiger partial charge in [-0.2, -0.15) is 0 Å². The Morgan fingerprint density at radius 2 is 1.65 bits per heavy atom. The fourth-order valence-electron chi connectivity index (χ4n) is 2.46. The summed E-state index contributed by atoms with van der Waals surface area (Å²) < 4.78 is 36.4. The van der Waals surface area contributed by atoms with Crippen LogP contribution >= 0.6 is 11.6 Å². The van der Waals surface area contributed by atoms with E-state index in [4.69, 9.17) is 21.1 Å². The van der Waals surface area contributed by atoms with Crippen molar-refractivity contribution in [3.63, 3.8) is 0 Å². The van der Waals surface area contributed by atoms with Crippen LogP contribution in [0, 0.1) is 0 Å². The fraction of sp³-hybridized carbons (Fsp3) is 0.300. The molecule has 0 heterocycles. The predicted octanol–water partition coefficient (Wildman–Crippen LogP) is 2.46. The average molecular weight is 470 g/mol. The van der Waals surface area contributed by atoms with Gasteiger partial charge in [0.05, 0.1) is 28.7 Å². The second-order valence-corrected chi connectivity index (χ2v) is 9.43. The van der Waals surface area contributed by atoms with Gasteiger partial charge in [0.2, 0.25) is 10.0 Å². The van der Waals surface area contributed by atoms with Gasteiger partial charge in [-0.3, -0.25) is 20.4 Å². The highest BCUT2D eigenvalue weighted by molar-refractivity contribution is 7.89. The summed E-state index contributed by atoms with van der Waals surface area (Å²) in [6, 6.07) is 8.30. The Balaban J connectivity index is 2.17. The van der Waals surface area contributed by atoms with E-state index < -0.39 is 21.8 Å². The maximum atomic E-state index is 12.5. The van der Waals surface area contributed by atoms with Crippen molar-refractivity contribution in [2.45, 2.75) is 24.8 Å². The molecule has 0 atom stereocenters. The van der Waals surface area contributed by atoms with E-state index in [-0.39, 0.29) is 27.1 Å². The third kappa shape index (κ3) is 5.87. The number of hydrogen-bond acceptors (Lipinski definition) is 6. The third-order valence-electron chi connectivity index (χ3n) is 4.04. The topological polar surface area (TPSA) is 114 Å². The second-order valence-electron chi connectivity index (χ2n) is 6.87. The van der Waals surface area contributed by atoms with E-state index in [1.165, 1.54) is 45.5 Å². The number of halogens is 1. The van der Waals surface area contributed by atoms with Crippen LogP contribution in [0.2, 0.25) is 5.02 Å². The lowest BCUT2D eigenvalue weighted by Gasteiger charge is -2.15. The molecule has 2 rings (SSSR count).